The summed E-state index contributed by atoms with van der Waals surface area (Å²) in [7, 11) is 3.85. The van der Waals surface area contributed by atoms with E-state index in [0.717, 1.165) is 33.7 Å². The number of hydrogen-bond donors (Lipinski definition) is 2. The Hall–Kier alpha value is -3.02. The third-order valence-electron chi connectivity index (χ3n) is 4.11. The van der Waals surface area contributed by atoms with E-state index in [0.29, 0.717) is 0 Å². The standard InChI is InChI=1S/C17H18N6/c1-11-10-23(11)16-9-19-8-14(21-17(16)18-2)12-4-5-15-13(6-12)7-20-22(15)3/h4-10,18,21H,1-3H3. The van der Waals surface area contributed by atoms with Crippen molar-refractivity contribution in [2.45, 2.75) is 6.92 Å². The third kappa shape index (κ3) is 2.28. The number of allylic oxidation sites excluding steroid dienone is 2. The van der Waals surface area contributed by atoms with Crippen LogP contribution < -0.4 is 10.6 Å². The van der Waals surface area contributed by atoms with Gasteiger partial charge in [0.05, 0.1) is 29.8 Å². The molecular weight excluding hydrogens is 288 g/mol. The van der Waals surface area contributed by atoms with Crippen molar-refractivity contribution >= 4 is 22.8 Å². The summed E-state index contributed by atoms with van der Waals surface area (Å²) >= 11 is 0. The largest absolute Gasteiger partial charge is 0.373 e. The molecule has 0 saturated heterocycles. The molecule has 0 amide bonds. The van der Waals surface area contributed by atoms with Gasteiger partial charge in [0, 0.05) is 36.9 Å². The first-order chi connectivity index (χ1) is 11.2. The lowest BCUT2D eigenvalue weighted by Gasteiger charge is -2.16. The van der Waals surface area contributed by atoms with Crippen molar-refractivity contribution in [1.82, 2.24) is 25.3 Å². The van der Waals surface area contributed by atoms with Crippen LogP contribution in [0.15, 0.2) is 59.0 Å². The van der Waals surface area contributed by atoms with E-state index in [1.165, 1.54) is 5.70 Å². The van der Waals surface area contributed by atoms with Gasteiger partial charge in [-0.2, -0.15) is 5.10 Å². The molecule has 2 N–H and O–H groups in total. The van der Waals surface area contributed by atoms with Gasteiger partial charge in [-0.15, -0.1) is 0 Å². The molecule has 0 bridgehead atoms. The molecule has 0 aliphatic carbocycles. The zero-order valence-corrected chi connectivity index (χ0v) is 13.3. The lowest BCUT2D eigenvalue weighted by Crippen LogP contribution is -2.26. The molecule has 1 aromatic carbocycles. The van der Waals surface area contributed by atoms with Crippen LogP contribution in [0.25, 0.3) is 16.6 Å². The monoisotopic (exact) mass is 306 g/mol. The number of nitrogens with zero attached hydrogens (tertiary/aromatic N) is 4. The van der Waals surface area contributed by atoms with Crippen LogP contribution >= 0.6 is 0 Å². The number of aromatic nitrogens is 2. The highest BCUT2D eigenvalue weighted by Gasteiger charge is 2.23. The Morgan fingerprint density at radius 1 is 1.26 bits per heavy atom. The summed E-state index contributed by atoms with van der Waals surface area (Å²) in [4.78, 5) is 6.55. The Balaban J connectivity index is 1.70. The molecule has 23 heavy (non-hydrogen) atoms. The van der Waals surface area contributed by atoms with Crippen molar-refractivity contribution in [2.24, 2.45) is 12.0 Å². The van der Waals surface area contributed by atoms with Crippen molar-refractivity contribution in [3.05, 3.63) is 59.6 Å². The fourth-order valence-corrected chi connectivity index (χ4v) is 2.75. The second kappa shape index (κ2) is 5.01. The van der Waals surface area contributed by atoms with E-state index in [-0.39, 0.29) is 0 Å². The number of aliphatic imine (C=N–C) groups is 1. The predicted octanol–water partition coefficient (Wildman–Crippen LogP) is 2.11. The number of benzene rings is 1. The number of nitrogens with one attached hydrogen (secondary N) is 2. The molecule has 1 aromatic heterocycles. The molecule has 2 aliphatic rings. The molecule has 116 valence electrons. The third-order valence-corrected chi connectivity index (χ3v) is 4.11. The maximum absolute atomic E-state index is 4.45. The Morgan fingerprint density at radius 3 is 2.83 bits per heavy atom. The number of aryl methyl sites for hydroxylation is 1. The lowest BCUT2D eigenvalue weighted by molar-refractivity contribution is 0.711. The maximum atomic E-state index is 4.45. The zero-order chi connectivity index (χ0) is 16.0. The first-order valence-corrected chi connectivity index (χ1v) is 7.49. The second-order valence-corrected chi connectivity index (χ2v) is 5.64. The van der Waals surface area contributed by atoms with Crippen LogP contribution in [0.4, 0.5) is 0 Å². The molecule has 0 fully saturated rings. The number of hydrogen-bond acceptors (Lipinski definition) is 5. The molecule has 0 spiro atoms. The molecule has 2 aromatic rings. The van der Waals surface area contributed by atoms with Crippen molar-refractivity contribution in [3.63, 3.8) is 0 Å². The van der Waals surface area contributed by atoms with Gasteiger partial charge in [-0.3, -0.25) is 9.67 Å². The molecule has 0 saturated carbocycles. The first kappa shape index (κ1) is 13.6. The van der Waals surface area contributed by atoms with Crippen molar-refractivity contribution in [2.75, 3.05) is 7.05 Å². The minimum Gasteiger partial charge on any atom is -0.373 e. The van der Waals surface area contributed by atoms with Gasteiger partial charge in [-0.25, -0.2) is 0 Å². The Morgan fingerprint density at radius 2 is 2.09 bits per heavy atom. The van der Waals surface area contributed by atoms with Crippen molar-refractivity contribution < 1.29 is 0 Å². The summed E-state index contributed by atoms with van der Waals surface area (Å²) < 4.78 is 1.87. The van der Waals surface area contributed by atoms with E-state index in [4.69, 9.17) is 0 Å². The van der Waals surface area contributed by atoms with Gasteiger partial charge in [0.25, 0.3) is 0 Å². The molecule has 2 aliphatic heterocycles. The van der Waals surface area contributed by atoms with Gasteiger partial charge in [-0.1, -0.05) is 6.07 Å². The van der Waals surface area contributed by atoms with Gasteiger partial charge in [0.1, 0.15) is 11.5 Å². The summed E-state index contributed by atoms with van der Waals surface area (Å²) in [5.74, 6) is 0.928. The molecule has 3 heterocycles. The zero-order valence-electron chi connectivity index (χ0n) is 13.3. The minimum atomic E-state index is 0.928. The Labute approximate surface area is 134 Å². The summed E-state index contributed by atoms with van der Waals surface area (Å²) in [6, 6.07) is 6.28. The van der Waals surface area contributed by atoms with E-state index >= 15 is 0 Å². The fraction of sp³-hybridized carbons (Fsp3) is 0.176. The predicted molar refractivity (Wildman–Crippen MR) is 92.0 cm³/mol. The van der Waals surface area contributed by atoms with Gasteiger partial charge in [0.15, 0.2) is 0 Å². The molecule has 6 heteroatoms. The molecule has 6 nitrogen and oxygen atoms in total. The average Bonchev–Trinajstić information content (AvgIpc) is 3.23. The molecule has 0 atom stereocenters. The Kier molecular flexibility index (Phi) is 2.97. The van der Waals surface area contributed by atoms with Crippen LogP contribution in [0.5, 0.6) is 0 Å². The highest BCUT2D eigenvalue weighted by Crippen LogP contribution is 2.28. The van der Waals surface area contributed by atoms with Crippen LogP contribution in [0.3, 0.4) is 0 Å². The van der Waals surface area contributed by atoms with Crippen LogP contribution in [-0.4, -0.2) is 27.9 Å². The topological polar surface area (TPSA) is 57.2 Å². The molecule has 4 rings (SSSR count). The van der Waals surface area contributed by atoms with Gasteiger partial charge in [-0.05, 0) is 19.1 Å². The van der Waals surface area contributed by atoms with E-state index in [2.05, 4.69) is 56.9 Å². The highest BCUT2D eigenvalue weighted by molar-refractivity contribution is 5.87. The van der Waals surface area contributed by atoms with Crippen molar-refractivity contribution in [1.29, 1.82) is 0 Å². The second-order valence-electron chi connectivity index (χ2n) is 5.64. The molecule has 0 unspecified atom stereocenters. The van der Waals surface area contributed by atoms with Crippen LogP contribution in [0.1, 0.15) is 12.5 Å². The summed E-state index contributed by atoms with van der Waals surface area (Å²) in [6.45, 7) is 2.07. The van der Waals surface area contributed by atoms with Crippen LogP contribution in [-0.2, 0) is 7.05 Å². The number of rotatable bonds is 3. The summed E-state index contributed by atoms with van der Waals surface area (Å²) in [5, 5.41) is 12.1. The summed E-state index contributed by atoms with van der Waals surface area (Å²) in [6.07, 6.45) is 7.66. The normalized spacial score (nSPS) is 16.9. The van der Waals surface area contributed by atoms with E-state index in [1.54, 1.807) is 0 Å². The SMILES string of the molecule is CNC1=C(N2C=C2C)C=NC=C(c2ccc3c(cnn3C)c2)N1. The quantitative estimate of drug-likeness (QED) is 0.912. The summed E-state index contributed by atoms with van der Waals surface area (Å²) in [5.41, 5.74) is 5.37. The molecule has 0 radical (unpaired) electrons. The molecular formula is C17H18N6. The lowest BCUT2D eigenvalue weighted by atomic mass is 10.1. The van der Waals surface area contributed by atoms with Crippen LogP contribution in [0.2, 0.25) is 0 Å². The number of fused-ring (bicyclic) bond motifs is 1. The van der Waals surface area contributed by atoms with E-state index in [9.17, 15) is 0 Å². The first-order valence-electron chi connectivity index (χ1n) is 7.49. The van der Waals surface area contributed by atoms with E-state index < -0.39 is 0 Å². The minimum absolute atomic E-state index is 0.928. The van der Waals surface area contributed by atoms with Gasteiger partial charge >= 0.3 is 0 Å². The smallest absolute Gasteiger partial charge is 0.129 e. The van der Waals surface area contributed by atoms with Crippen molar-refractivity contribution in [3.8, 4) is 0 Å². The Bertz CT molecular complexity index is 912. The van der Waals surface area contributed by atoms with Crippen LogP contribution in [0, 0.1) is 0 Å². The maximum Gasteiger partial charge on any atom is 0.129 e. The van der Waals surface area contributed by atoms with E-state index in [1.807, 2.05) is 37.4 Å². The highest BCUT2D eigenvalue weighted by atomic mass is 15.3. The fourth-order valence-electron chi connectivity index (χ4n) is 2.75. The van der Waals surface area contributed by atoms with Gasteiger partial charge < -0.3 is 15.5 Å². The average molecular weight is 306 g/mol. The van der Waals surface area contributed by atoms with Gasteiger partial charge in [0.2, 0.25) is 0 Å².